The summed E-state index contributed by atoms with van der Waals surface area (Å²) in [5.74, 6) is 0.501. The third-order valence-electron chi connectivity index (χ3n) is 2.46. The summed E-state index contributed by atoms with van der Waals surface area (Å²) < 4.78 is 6.32. The summed E-state index contributed by atoms with van der Waals surface area (Å²) in [6.07, 6.45) is 2.68. The van der Waals surface area contributed by atoms with Crippen LogP contribution >= 0.6 is 11.6 Å². The van der Waals surface area contributed by atoms with Crippen LogP contribution in [-0.4, -0.2) is 25.1 Å². The molecule has 0 bridgehead atoms. The second kappa shape index (κ2) is 4.29. The van der Waals surface area contributed by atoms with Crippen molar-refractivity contribution in [3.63, 3.8) is 0 Å². The SMILES string of the molecule is Nc1ccc(Oc2nnc3cncn(O)c2-3)c(Cl)c1. The van der Waals surface area contributed by atoms with Gasteiger partial charge in [0.2, 0.25) is 0 Å². The number of hydrogen-bond acceptors (Lipinski definition) is 6. The van der Waals surface area contributed by atoms with E-state index in [9.17, 15) is 5.21 Å². The van der Waals surface area contributed by atoms with E-state index in [1.165, 1.54) is 12.5 Å². The Kier molecular flexibility index (Phi) is 2.60. The number of aromatic nitrogens is 4. The summed E-state index contributed by atoms with van der Waals surface area (Å²) in [4.78, 5) is 3.77. The van der Waals surface area contributed by atoms with Crippen LogP contribution in [0.2, 0.25) is 5.02 Å². The summed E-state index contributed by atoms with van der Waals surface area (Å²) in [6, 6.07) is 4.82. The molecule has 3 rings (SSSR count). The Bertz CT molecular complexity index is 714. The molecule has 2 aliphatic rings. The highest BCUT2D eigenvalue weighted by atomic mass is 35.5. The number of benzene rings is 1. The van der Waals surface area contributed by atoms with E-state index < -0.39 is 0 Å². The Hall–Kier alpha value is -2.54. The van der Waals surface area contributed by atoms with E-state index in [0.717, 1.165) is 4.73 Å². The molecule has 0 unspecified atom stereocenters. The molecule has 7 nitrogen and oxygen atoms in total. The normalized spacial score (nSPS) is 10.8. The summed E-state index contributed by atoms with van der Waals surface area (Å²) in [5, 5.41) is 17.7. The monoisotopic (exact) mass is 277 g/mol. The van der Waals surface area contributed by atoms with Crippen LogP contribution in [0.25, 0.3) is 11.4 Å². The number of ether oxygens (including phenoxy) is 1. The van der Waals surface area contributed by atoms with Crippen molar-refractivity contribution in [2.75, 3.05) is 5.73 Å². The third-order valence-corrected chi connectivity index (χ3v) is 2.75. The van der Waals surface area contributed by atoms with Crippen LogP contribution in [-0.2, 0) is 0 Å². The molecular weight excluding hydrogens is 270 g/mol. The predicted octanol–water partition coefficient (Wildman–Crippen LogP) is 2.04. The van der Waals surface area contributed by atoms with Gasteiger partial charge in [0, 0.05) is 5.69 Å². The molecule has 8 heteroatoms. The molecule has 0 aliphatic carbocycles. The number of anilines is 1. The molecule has 0 atom stereocenters. The van der Waals surface area contributed by atoms with Gasteiger partial charge in [-0.15, -0.1) is 10.2 Å². The molecule has 0 aromatic heterocycles. The fraction of sp³-hybridized carbons (Fsp3) is 0. The lowest BCUT2D eigenvalue weighted by Crippen LogP contribution is -2.00. The van der Waals surface area contributed by atoms with E-state index in [1.807, 2.05) is 0 Å². The van der Waals surface area contributed by atoms with Gasteiger partial charge in [0.15, 0.2) is 5.69 Å². The molecule has 0 saturated heterocycles. The molecule has 2 heterocycles. The van der Waals surface area contributed by atoms with Crippen LogP contribution < -0.4 is 10.5 Å². The highest BCUT2D eigenvalue weighted by Crippen LogP contribution is 2.35. The second-order valence-corrected chi connectivity index (χ2v) is 4.18. The molecule has 0 radical (unpaired) electrons. The van der Waals surface area contributed by atoms with Gasteiger partial charge < -0.3 is 15.7 Å². The first-order valence-electron chi connectivity index (χ1n) is 5.26. The van der Waals surface area contributed by atoms with E-state index in [0.29, 0.717) is 27.8 Å². The fourth-order valence-corrected chi connectivity index (χ4v) is 1.83. The average molecular weight is 278 g/mol. The Morgan fingerprint density at radius 2 is 2.16 bits per heavy atom. The van der Waals surface area contributed by atoms with Crippen LogP contribution in [0.1, 0.15) is 0 Å². The van der Waals surface area contributed by atoms with Crippen LogP contribution in [0.4, 0.5) is 5.69 Å². The number of halogens is 1. The quantitative estimate of drug-likeness (QED) is 0.549. The van der Waals surface area contributed by atoms with Crippen molar-refractivity contribution >= 4 is 17.3 Å². The van der Waals surface area contributed by atoms with Crippen molar-refractivity contribution in [2.24, 2.45) is 0 Å². The van der Waals surface area contributed by atoms with Gasteiger partial charge in [-0.1, -0.05) is 11.6 Å². The van der Waals surface area contributed by atoms with Gasteiger partial charge >= 0.3 is 0 Å². The molecule has 1 aromatic carbocycles. The molecule has 0 fully saturated rings. The second-order valence-electron chi connectivity index (χ2n) is 3.77. The Morgan fingerprint density at radius 3 is 2.95 bits per heavy atom. The number of rotatable bonds is 2. The number of fused-ring (bicyclic) bond motifs is 1. The lowest BCUT2D eigenvalue weighted by atomic mass is 10.3. The van der Waals surface area contributed by atoms with Crippen molar-refractivity contribution in [2.45, 2.75) is 0 Å². The zero-order valence-electron chi connectivity index (χ0n) is 9.49. The van der Waals surface area contributed by atoms with Crippen molar-refractivity contribution in [3.05, 3.63) is 35.7 Å². The van der Waals surface area contributed by atoms with Crippen LogP contribution in [0, 0.1) is 0 Å². The van der Waals surface area contributed by atoms with Gasteiger partial charge in [-0.25, -0.2) is 4.98 Å². The molecule has 3 N–H and O–H groups in total. The Balaban J connectivity index is 2.02. The van der Waals surface area contributed by atoms with E-state index in [4.69, 9.17) is 22.1 Å². The first-order chi connectivity index (χ1) is 9.15. The zero-order chi connectivity index (χ0) is 13.4. The minimum atomic E-state index is 0.131. The standard InChI is InChI=1S/C11H8ClN5O2/c12-7-3-6(13)1-2-9(7)19-11-10-8(15-16-11)4-14-5-17(10)18/h1-5,18H,13H2. The summed E-state index contributed by atoms with van der Waals surface area (Å²) in [6.45, 7) is 0. The maximum Gasteiger partial charge on any atom is 0.269 e. The number of nitrogens with two attached hydrogens (primary N) is 1. The number of nitrogens with zero attached hydrogens (tertiary/aromatic N) is 4. The van der Waals surface area contributed by atoms with Crippen molar-refractivity contribution in [1.82, 2.24) is 19.9 Å². The van der Waals surface area contributed by atoms with Gasteiger partial charge in [-0.05, 0) is 18.2 Å². The molecule has 96 valence electrons. The summed E-state index contributed by atoms with van der Waals surface area (Å²) in [7, 11) is 0. The predicted molar refractivity (Wildman–Crippen MR) is 67.6 cm³/mol. The van der Waals surface area contributed by atoms with Gasteiger partial charge in [0.1, 0.15) is 17.8 Å². The minimum absolute atomic E-state index is 0.131. The average Bonchev–Trinajstić information content (AvgIpc) is 2.77. The molecule has 0 saturated carbocycles. The first-order valence-corrected chi connectivity index (χ1v) is 5.64. The molecule has 19 heavy (non-hydrogen) atoms. The molecule has 0 spiro atoms. The van der Waals surface area contributed by atoms with Crippen LogP contribution in [0.3, 0.4) is 0 Å². The molecule has 1 aromatic rings. The molecule has 2 aliphatic heterocycles. The topological polar surface area (TPSA) is 99.1 Å². The van der Waals surface area contributed by atoms with E-state index in [-0.39, 0.29) is 5.88 Å². The van der Waals surface area contributed by atoms with Gasteiger partial charge in [0.05, 0.1) is 11.2 Å². The highest BCUT2D eigenvalue weighted by Gasteiger charge is 2.20. The molecule has 0 amide bonds. The molecular formula is C11H8ClN5O2. The zero-order valence-corrected chi connectivity index (χ0v) is 10.2. The van der Waals surface area contributed by atoms with Crippen molar-refractivity contribution in [1.29, 1.82) is 0 Å². The van der Waals surface area contributed by atoms with E-state index in [2.05, 4.69) is 15.2 Å². The van der Waals surface area contributed by atoms with E-state index >= 15 is 0 Å². The van der Waals surface area contributed by atoms with Gasteiger partial charge in [-0.2, -0.15) is 4.73 Å². The van der Waals surface area contributed by atoms with Crippen LogP contribution in [0.15, 0.2) is 30.7 Å². The third kappa shape index (κ3) is 2.00. The largest absolute Gasteiger partial charge is 0.434 e. The highest BCUT2D eigenvalue weighted by molar-refractivity contribution is 6.32. The van der Waals surface area contributed by atoms with Crippen molar-refractivity contribution in [3.8, 4) is 23.0 Å². The summed E-state index contributed by atoms with van der Waals surface area (Å²) in [5.41, 5.74) is 6.84. The maximum atomic E-state index is 9.67. The smallest absolute Gasteiger partial charge is 0.269 e. The maximum absolute atomic E-state index is 9.67. The number of hydrogen-bond donors (Lipinski definition) is 2. The lowest BCUT2D eigenvalue weighted by Gasteiger charge is -2.08. The van der Waals surface area contributed by atoms with E-state index in [1.54, 1.807) is 18.2 Å². The number of nitrogen functional groups attached to an aromatic ring is 1. The fourth-order valence-electron chi connectivity index (χ4n) is 1.60. The van der Waals surface area contributed by atoms with Gasteiger partial charge in [-0.3, -0.25) is 0 Å². The summed E-state index contributed by atoms with van der Waals surface area (Å²) >= 11 is 6.00. The Labute approximate surface area is 112 Å². The lowest BCUT2D eigenvalue weighted by molar-refractivity contribution is 0.183. The first kappa shape index (κ1) is 11.5. The van der Waals surface area contributed by atoms with Gasteiger partial charge in [0.25, 0.3) is 5.88 Å². The Morgan fingerprint density at radius 1 is 1.32 bits per heavy atom. The van der Waals surface area contributed by atoms with Crippen LogP contribution in [0.5, 0.6) is 11.6 Å². The minimum Gasteiger partial charge on any atom is -0.434 e. The van der Waals surface area contributed by atoms with Crippen molar-refractivity contribution < 1.29 is 9.94 Å².